The lowest BCUT2D eigenvalue weighted by Gasteiger charge is -2.19. The monoisotopic (exact) mass is 445 g/mol. The van der Waals surface area contributed by atoms with Crippen molar-refractivity contribution in [2.45, 2.75) is 38.8 Å². The van der Waals surface area contributed by atoms with Crippen LogP contribution in [0.5, 0.6) is 0 Å². The van der Waals surface area contributed by atoms with E-state index in [1.807, 2.05) is 13.8 Å². The van der Waals surface area contributed by atoms with Gasteiger partial charge in [0, 0.05) is 11.1 Å². The van der Waals surface area contributed by atoms with Gasteiger partial charge in [0.15, 0.2) is 0 Å². The summed E-state index contributed by atoms with van der Waals surface area (Å²) in [6.07, 6.45) is -3.24. The van der Waals surface area contributed by atoms with Crippen LogP contribution in [0.15, 0.2) is 60.7 Å². The highest BCUT2D eigenvalue weighted by atomic mass is 19.4. The molecule has 3 rings (SSSR count). The highest BCUT2D eigenvalue weighted by molar-refractivity contribution is 5.78. The van der Waals surface area contributed by atoms with Gasteiger partial charge in [-0.25, -0.2) is 9.37 Å². The van der Waals surface area contributed by atoms with E-state index in [0.29, 0.717) is 34.5 Å². The zero-order valence-corrected chi connectivity index (χ0v) is 17.7. The maximum Gasteiger partial charge on any atom is 0.416 e. The van der Waals surface area contributed by atoms with E-state index in [4.69, 9.17) is 0 Å². The number of aliphatic carboxylic acids is 1. The number of rotatable bonds is 7. The summed E-state index contributed by atoms with van der Waals surface area (Å²) in [5, 5.41) is 9.86. The zero-order chi connectivity index (χ0) is 23.5. The second-order valence-corrected chi connectivity index (χ2v) is 7.89. The minimum Gasteiger partial charge on any atom is -0.481 e. The van der Waals surface area contributed by atoms with E-state index in [-0.39, 0.29) is 5.92 Å². The predicted molar refractivity (Wildman–Crippen MR) is 115 cm³/mol. The number of carboxylic acid groups (broad SMARTS) is 1. The van der Waals surface area contributed by atoms with Crippen molar-refractivity contribution in [3.05, 3.63) is 77.6 Å². The first-order chi connectivity index (χ1) is 15.1. The summed E-state index contributed by atoms with van der Waals surface area (Å²) in [5.41, 5.74) is 1.50. The Labute approximate surface area is 183 Å². The van der Waals surface area contributed by atoms with Crippen molar-refractivity contribution in [2.24, 2.45) is 5.92 Å². The number of carboxylic acids is 1. The summed E-state index contributed by atoms with van der Waals surface area (Å²) in [6.45, 7) is 3.95. The number of hydrogen-bond donors (Lipinski definition) is 1. The van der Waals surface area contributed by atoms with Crippen molar-refractivity contribution in [3.63, 3.8) is 0 Å². The number of halogens is 4. The van der Waals surface area contributed by atoms with Crippen molar-refractivity contribution in [2.75, 3.05) is 0 Å². The molecule has 2 aromatic carbocycles. The van der Waals surface area contributed by atoms with Gasteiger partial charge >= 0.3 is 12.1 Å². The fraction of sp³-hybridized carbons (Fsp3) is 0.280. The molecule has 0 saturated heterocycles. The van der Waals surface area contributed by atoms with Gasteiger partial charge in [0.05, 0.1) is 22.9 Å². The molecule has 0 aliphatic rings. The van der Waals surface area contributed by atoms with Gasteiger partial charge in [0.2, 0.25) is 0 Å². The van der Waals surface area contributed by atoms with Gasteiger partial charge in [0.25, 0.3) is 0 Å². The molecule has 168 valence electrons. The Hall–Kier alpha value is -3.22. The SMILES string of the molecule is CCC(C)CC(C(=O)O)c1cc(-c2ccc(F)cc2)nc(-c2ccc(C(F)(F)F)cc2)c1. The van der Waals surface area contributed by atoms with Crippen molar-refractivity contribution >= 4 is 5.97 Å². The second-order valence-electron chi connectivity index (χ2n) is 7.89. The molecule has 1 aromatic heterocycles. The lowest BCUT2D eigenvalue weighted by atomic mass is 9.87. The zero-order valence-electron chi connectivity index (χ0n) is 17.7. The Morgan fingerprint density at radius 1 is 0.969 bits per heavy atom. The van der Waals surface area contributed by atoms with E-state index in [1.165, 1.54) is 36.4 Å². The molecule has 0 fully saturated rings. The molecule has 0 saturated carbocycles. The molecule has 3 nitrogen and oxygen atoms in total. The van der Waals surface area contributed by atoms with Crippen LogP contribution >= 0.6 is 0 Å². The van der Waals surface area contributed by atoms with Crippen LogP contribution < -0.4 is 0 Å². The van der Waals surface area contributed by atoms with Crippen LogP contribution in [0.4, 0.5) is 17.6 Å². The lowest BCUT2D eigenvalue weighted by molar-refractivity contribution is -0.139. The smallest absolute Gasteiger partial charge is 0.416 e. The van der Waals surface area contributed by atoms with E-state index in [9.17, 15) is 27.5 Å². The third-order valence-corrected chi connectivity index (χ3v) is 5.53. The van der Waals surface area contributed by atoms with Gasteiger partial charge in [-0.05, 0) is 66.4 Å². The molecule has 1 heterocycles. The molecule has 7 heteroatoms. The van der Waals surface area contributed by atoms with Crippen LogP contribution in [0.25, 0.3) is 22.5 Å². The molecule has 0 aliphatic heterocycles. The van der Waals surface area contributed by atoms with E-state index in [0.717, 1.165) is 18.6 Å². The maximum atomic E-state index is 13.4. The molecule has 0 bridgehead atoms. The fourth-order valence-electron chi connectivity index (χ4n) is 3.45. The fourth-order valence-corrected chi connectivity index (χ4v) is 3.45. The molecular weight excluding hydrogens is 422 g/mol. The maximum absolute atomic E-state index is 13.4. The lowest BCUT2D eigenvalue weighted by Crippen LogP contribution is -2.15. The summed E-state index contributed by atoms with van der Waals surface area (Å²) in [4.78, 5) is 16.6. The number of benzene rings is 2. The minimum absolute atomic E-state index is 0.160. The molecule has 0 radical (unpaired) electrons. The molecule has 0 amide bonds. The number of hydrogen-bond acceptors (Lipinski definition) is 2. The van der Waals surface area contributed by atoms with Crippen LogP contribution in [-0.2, 0) is 11.0 Å². The molecule has 0 spiro atoms. The topological polar surface area (TPSA) is 50.2 Å². The Morgan fingerprint density at radius 3 is 1.91 bits per heavy atom. The van der Waals surface area contributed by atoms with Crippen LogP contribution in [0.1, 0.15) is 43.7 Å². The number of carbonyl (C=O) groups is 1. The van der Waals surface area contributed by atoms with Crippen molar-refractivity contribution in [1.29, 1.82) is 0 Å². The Morgan fingerprint density at radius 2 is 1.47 bits per heavy atom. The number of aromatic nitrogens is 1. The van der Waals surface area contributed by atoms with Gasteiger partial charge in [-0.2, -0.15) is 13.2 Å². The van der Waals surface area contributed by atoms with Crippen LogP contribution in [0.2, 0.25) is 0 Å². The van der Waals surface area contributed by atoms with E-state index in [2.05, 4.69) is 4.98 Å². The predicted octanol–water partition coefficient (Wildman–Crippen LogP) is 7.18. The van der Waals surface area contributed by atoms with Crippen molar-refractivity contribution in [1.82, 2.24) is 4.98 Å². The Kier molecular flexibility index (Phi) is 6.96. The number of alkyl halides is 3. The van der Waals surface area contributed by atoms with Crippen LogP contribution in [-0.4, -0.2) is 16.1 Å². The molecule has 3 aromatic rings. The van der Waals surface area contributed by atoms with Gasteiger partial charge in [-0.15, -0.1) is 0 Å². The minimum atomic E-state index is -4.46. The molecule has 0 aliphatic carbocycles. The average molecular weight is 445 g/mol. The summed E-state index contributed by atoms with van der Waals surface area (Å²) >= 11 is 0. The quantitative estimate of drug-likeness (QED) is 0.392. The van der Waals surface area contributed by atoms with Gasteiger partial charge < -0.3 is 5.11 Å². The molecule has 1 N–H and O–H groups in total. The number of nitrogens with zero attached hydrogens (tertiary/aromatic N) is 1. The highest BCUT2D eigenvalue weighted by Gasteiger charge is 2.30. The van der Waals surface area contributed by atoms with Gasteiger partial charge in [-0.3, -0.25) is 4.79 Å². The second kappa shape index (κ2) is 9.51. The standard InChI is InChI=1S/C25H23F4NO2/c1-3-15(2)12-21(24(31)32)18-13-22(16-4-8-19(9-5-16)25(27,28)29)30-23(14-18)17-6-10-20(26)11-7-17/h4-11,13-15,21H,3,12H2,1-2H3,(H,31,32). The van der Waals surface area contributed by atoms with Crippen LogP contribution in [0, 0.1) is 11.7 Å². The molecular formula is C25H23F4NO2. The average Bonchev–Trinajstić information content (AvgIpc) is 2.76. The van der Waals surface area contributed by atoms with Crippen molar-refractivity contribution < 1.29 is 27.5 Å². The van der Waals surface area contributed by atoms with Crippen molar-refractivity contribution in [3.8, 4) is 22.5 Å². The normalized spacial score (nSPS) is 13.6. The van der Waals surface area contributed by atoms with E-state index >= 15 is 0 Å². The molecule has 32 heavy (non-hydrogen) atoms. The first-order valence-electron chi connectivity index (χ1n) is 10.3. The Bertz CT molecular complexity index is 1080. The summed E-state index contributed by atoms with van der Waals surface area (Å²) in [5.74, 6) is -2.05. The Balaban J connectivity index is 2.13. The summed E-state index contributed by atoms with van der Waals surface area (Å²) in [7, 11) is 0. The number of pyridine rings is 1. The van der Waals surface area contributed by atoms with Gasteiger partial charge in [-0.1, -0.05) is 32.4 Å². The summed E-state index contributed by atoms with van der Waals surface area (Å²) < 4.78 is 52.2. The molecule has 2 atom stereocenters. The third-order valence-electron chi connectivity index (χ3n) is 5.53. The summed E-state index contributed by atoms with van der Waals surface area (Å²) in [6, 6.07) is 13.4. The van der Waals surface area contributed by atoms with E-state index in [1.54, 1.807) is 12.1 Å². The largest absolute Gasteiger partial charge is 0.481 e. The molecule has 2 unspecified atom stereocenters. The first-order valence-corrected chi connectivity index (χ1v) is 10.3. The van der Waals surface area contributed by atoms with E-state index < -0.39 is 29.4 Å². The highest BCUT2D eigenvalue weighted by Crippen LogP contribution is 2.34. The van der Waals surface area contributed by atoms with Gasteiger partial charge in [0.1, 0.15) is 5.82 Å². The third kappa shape index (κ3) is 5.52. The van der Waals surface area contributed by atoms with Crippen LogP contribution in [0.3, 0.4) is 0 Å². The first kappa shape index (κ1) is 23.4.